The van der Waals surface area contributed by atoms with Gasteiger partial charge >= 0.3 is 0 Å². The van der Waals surface area contributed by atoms with Crippen LogP contribution in [0, 0.1) is 0 Å². The first-order valence-corrected chi connectivity index (χ1v) is 3.49. The van der Waals surface area contributed by atoms with Crippen molar-refractivity contribution in [2.75, 3.05) is 0 Å². The Balaban J connectivity index is 2.58. The van der Waals surface area contributed by atoms with Crippen molar-refractivity contribution in [2.24, 2.45) is 7.05 Å². The van der Waals surface area contributed by atoms with E-state index in [1.807, 2.05) is 6.92 Å². The molecular weight excluding hydrogens is 152 g/mol. The minimum atomic E-state index is 0.0733. The van der Waals surface area contributed by atoms with Gasteiger partial charge in [0, 0.05) is 11.8 Å². The summed E-state index contributed by atoms with van der Waals surface area (Å²) in [4.78, 5) is 1.43. The second-order valence-corrected chi connectivity index (χ2v) is 2.93. The topological polar surface area (TPSA) is 43.6 Å². The van der Waals surface area contributed by atoms with Gasteiger partial charge in [-0.3, -0.25) is 0 Å². The molecule has 0 bridgehead atoms. The van der Waals surface area contributed by atoms with E-state index in [-0.39, 0.29) is 5.38 Å². The zero-order valence-corrected chi connectivity index (χ0v) is 6.71. The summed E-state index contributed by atoms with van der Waals surface area (Å²) < 4.78 is 0. The third kappa shape index (κ3) is 1.95. The summed E-state index contributed by atoms with van der Waals surface area (Å²) in [5, 5.41) is 11.5. The summed E-state index contributed by atoms with van der Waals surface area (Å²) in [7, 11) is 1.73. The van der Waals surface area contributed by atoms with Gasteiger partial charge in [0.15, 0.2) is 5.82 Å². The van der Waals surface area contributed by atoms with E-state index in [0.29, 0.717) is 12.2 Å². The number of aryl methyl sites for hydroxylation is 1. The molecule has 0 amide bonds. The molecule has 0 saturated carbocycles. The smallest absolute Gasteiger partial charge is 0.167 e. The minimum Gasteiger partial charge on any atom is -0.167 e. The molecule has 0 aliphatic rings. The summed E-state index contributed by atoms with van der Waals surface area (Å²) in [5.41, 5.74) is 0. The van der Waals surface area contributed by atoms with Crippen molar-refractivity contribution in [1.29, 1.82) is 0 Å². The fraction of sp³-hybridized carbons (Fsp3) is 0.800. The SMILES string of the molecule is CC(Cl)Cc1nnn(C)n1. The standard InChI is InChI=1S/C5H9ClN4/c1-4(6)3-5-7-9-10(2)8-5/h4H,3H2,1-2H3. The fourth-order valence-electron chi connectivity index (χ4n) is 0.657. The number of aromatic nitrogens is 4. The normalized spacial score (nSPS) is 13.5. The van der Waals surface area contributed by atoms with E-state index < -0.39 is 0 Å². The van der Waals surface area contributed by atoms with Crippen LogP contribution in [-0.4, -0.2) is 25.6 Å². The van der Waals surface area contributed by atoms with Crippen LogP contribution in [0.25, 0.3) is 0 Å². The quantitative estimate of drug-likeness (QED) is 0.588. The first-order chi connectivity index (χ1) is 4.68. The van der Waals surface area contributed by atoms with Crippen LogP contribution in [-0.2, 0) is 13.5 Å². The molecule has 56 valence electrons. The van der Waals surface area contributed by atoms with Crippen molar-refractivity contribution in [3.05, 3.63) is 5.82 Å². The third-order valence-electron chi connectivity index (χ3n) is 1.01. The van der Waals surface area contributed by atoms with Crippen LogP contribution in [0.3, 0.4) is 0 Å². The zero-order valence-electron chi connectivity index (χ0n) is 5.95. The fourth-order valence-corrected chi connectivity index (χ4v) is 0.795. The Labute approximate surface area is 64.2 Å². The largest absolute Gasteiger partial charge is 0.176 e. The molecule has 0 N–H and O–H groups in total. The van der Waals surface area contributed by atoms with E-state index >= 15 is 0 Å². The molecule has 0 aliphatic heterocycles. The molecule has 0 saturated heterocycles. The van der Waals surface area contributed by atoms with Gasteiger partial charge in [-0.15, -0.1) is 21.8 Å². The van der Waals surface area contributed by atoms with Crippen molar-refractivity contribution < 1.29 is 0 Å². The molecule has 1 heterocycles. The lowest BCUT2D eigenvalue weighted by molar-refractivity contribution is 0.627. The maximum absolute atomic E-state index is 5.70. The average Bonchev–Trinajstić information content (AvgIpc) is 2.13. The van der Waals surface area contributed by atoms with E-state index in [4.69, 9.17) is 11.6 Å². The highest BCUT2D eigenvalue weighted by Gasteiger charge is 2.03. The number of rotatable bonds is 2. The van der Waals surface area contributed by atoms with Crippen LogP contribution in [0.4, 0.5) is 0 Å². The van der Waals surface area contributed by atoms with Crippen molar-refractivity contribution in [3.63, 3.8) is 0 Å². The van der Waals surface area contributed by atoms with Gasteiger partial charge in [-0.1, -0.05) is 0 Å². The van der Waals surface area contributed by atoms with E-state index in [9.17, 15) is 0 Å². The zero-order chi connectivity index (χ0) is 7.56. The Kier molecular flexibility index (Phi) is 2.21. The van der Waals surface area contributed by atoms with E-state index in [1.54, 1.807) is 7.05 Å². The van der Waals surface area contributed by atoms with Gasteiger partial charge in [-0.2, -0.15) is 4.80 Å². The molecule has 4 nitrogen and oxygen atoms in total. The second kappa shape index (κ2) is 2.96. The lowest BCUT2D eigenvalue weighted by atomic mass is 10.3. The summed E-state index contributed by atoms with van der Waals surface area (Å²) in [6, 6.07) is 0. The molecule has 0 radical (unpaired) electrons. The molecule has 5 heteroatoms. The van der Waals surface area contributed by atoms with Crippen molar-refractivity contribution in [1.82, 2.24) is 20.2 Å². The van der Waals surface area contributed by atoms with E-state index in [2.05, 4.69) is 15.4 Å². The highest BCUT2D eigenvalue weighted by Crippen LogP contribution is 1.99. The Bertz CT molecular complexity index is 207. The van der Waals surface area contributed by atoms with Crippen LogP contribution < -0.4 is 0 Å². The van der Waals surface area contributed by atoms with Crippen molar-refractivity contribution in [2.45, 2.75) is 18.7 Å². The van der Waals surface area contributed by atoms with Gasteiger partial charge in [-0.25, -0.2) is 0 Å². The lowest BCUT2D eigenvalue weighted by Crippen LogP contribution is -2.00. The maximum atomic E-state index is 5.70. The number of tetrazole rings is 1. The molecule has 10 heavy (non-hydrogen) atoms. The minimum absolute atomic E-state index is 0.0733. The van der Waals surface area contributed by atoms with Crippen LogP contribution in [0.15, 0.2) is 0 Å². The summed E-state index contributed by atoms with van der Waals surface area (Å²) in [6.07, 6.45) is 0.676. The van der Waals surface area contributed by atoms with Crippen molar-refractivity contribution in [3.8, 4) is 0 Å². The average molecular weight is 161 g/mol. The molecular formula is C5H9ClN4. The first kappa shape index (κ1) is 7.47. The molecule has 0 spiro atoms. The van der Waals surface area contributed by atoms with Gasteiger partial charge in [0.05, 0.1) is 7.05 Å². The molecule has 1 atom stereocenters. The Hall–Kier alpha value is -0.640. The number of nitrogens with zero attached hydrogens (tertiary/aromatic N) is 4. The lowest BCUT2D eigenvalue weighted by Gasteiger charge is -1.93. The molecule has 1 unspecified atom stereocenters. The van der Waals surface area contributed by atoms with Gasteiger partial charge < -0.3 is 0 Å². The third-order valence-corrected chi connectivity index (χ3v) is 1.17. The van der Waals surface area contributed by atoms with Crippen LogP contribution in [0.5, 0.6) is 0 Å². The van der Waals surface area contributed by atoms with Gasteiger partial charge in [-0.05, 0) is 12.1 Å². The summed E-state index contributed by atoms with van der Waals surface area (Å²) in [6.45, 7) is 1.90. The molecule has 1 aromatic rings. The van der Waals surface area contributed by atoms with Gasteiger partial charge in [0.2, 0.25) is 0 Å². The van der Waals surface area contributed by atoms with Crippen LogP contribution in [0.1, 0.15) is 12.7 Å². The Morgan fingerprint density at radius 2 is 2.40 bits per heavy atom. The Morgan fingerprint density at radius 1 is 1.70 bits per heavy atom. The summed E-state index contributed by atoms with van der Waals surface area (Å²) >= 11 is 5.70. The predicted octanol–water partition coefficient (Wildman–Crippen LogP) is 0.380. The second-order valence-electron chi connectivity index (χ2n) is 2.18. The number of alkyl halides is 1. The maximum Gasteiger partial charge on any atom is 0.176 e. The van der Waals surface area contributed by atoms with E-state index in [1.165, 1.54) is 4.80 Å². The van der Waals surface area contributed by atoms with Crippen LogP contribution in [0.2, 0.25) is 0 Å². The highest BCUT2D eigenvalue weighted by molar-refractivity contribution is 6.20. The van der Waals surface area contributed by atoms with Gasteiger partial charge in [0.25, 0.3) is 0 Å². The molecule has 0 aromatic carbocycles. The highest BCUT2D eigenvalue weighted by atomic mass is 35.5. The predicted molar refractivity (Wildman–Crippen MR) is 37.8 cm³/mol. The number of hydrogen-bond donors (Lipinski definition) is 0. The summed E-state index contributed by atoms with van der Waals surface area (Å²) in [5.74, 6) is 0.699. The monoisotopic (exact) mass is 160 g/mol. The molecule has 0 aliphatic carbocycles. The number of hydrogen-bond acceptors (Lipinski definition) is 3. The van der Waals surface area contributed by atoms with Crippen LogP contribution >= 0.6 is 11.6 Å². The first-order valence-electron chi connectivity index (χ1n) is 3.05. The molecule has 1 aromatic heterocycles. The number of halogens is 1. The van der Waals surface area contributed by atoms with E-state index in [0.717, 1.165) is 0 Å². The van der Waals surface area contributed by atoms with Crippen molar-refractivity contribution >= 4 is 11.6 Å². The van der Waals surface area contributed by atoms with Gasteiger partial charge in [0.1, 0.15) is 0 Å². The molecule has 1 rings (SSSR count). The molecule has 0 fully saturated rings. The Morgan fingerprint density at radius 3 is 2.80 bits per heavy atom.